The Morgan fingerprint density at radius 1 is 1.35 bits per heavy atom. The number of amides is 1. The van der Waals surface area contributed by atoms with E-state index in [1.54, 1.807) is 12.1 Å². The molecule has 3 nitrogen and oxygen atoms in total. The maximum absolute atomic E-state index is 13.5. The number of carbonyl (C=O) groups excluding carboxylic acids is 1. The summed E-state index contributed by atoms with van der Waals surface area (Å²) in [5.74, 6) is -1.24. The van der Waals surface area contributed by atoms with Crippen LogP contribution in [-0.4, -0.2) is 10.9 Å². The minimum Gasteiger partial charge on any atom is -0.345 e. The average molecular weight is 293 g/mol. The molecule has 0 radical (unpaired) electrons. The number of carbonyl (C=O) groups is 1. The average Bonchev–Trinajstić information content (AvgIpc) is 2.46. The van der Waals surface area contributed by atoms with Gasteiger partial charge < -0.3 is 5.32 Å². The molecule has 1 amide bonds. The van der Waals surface area contributed by atoms with Crippen molar-refractivity contribution in [2.24, 2.45) is 0 Å². The summed E-state index contributed by atoms with van der Waals surface area (Å²) in [6.07, 6.45) is 2.00. The van der Waals surface area contributed by atoms with Crippen molar-refractivity contribution in [3.8, 4) is 0 Å². The lowest BCUT2D eigenvalue weighted by Gasteiger charge is -2.17. The second-order valence-electron chi connectivity index (χ2n) is 4.33. The fraction of sp³-hybridized carbons (Fsp3) is 0.200. The van der Waals surface area contributed by atoms with Crippen LogP contribution in [0.15, 0.2) is 42.6 Å². The summed E-state index contributed by atoms with van der Waals surface area (Å²) in [6.45, 7) is 1.94. The van der Waals surface area contributed by atoms with Crippen molar-refractivity contribution in [3.63, 3.8) is 0 Å². The van der Waals surface area contributed by atoms with E-state index >= 15 is 0 Å². The fourth-order valence-electron chi connectivity index (χ4n) is 1.91. The number of nitrogens with one attached hydrogen (secondary N) is 1. The van der Waals surface area contributed by atoms with Crippen LogP contribution in [0.2, 0.25) is 5.02 Å². The summed E-state index contributed by atoms with van der Waals surface area (Å²) in [6, 6.07) is 9.95. The van der Waals surface area contributed by atoms with Crippen LogP contribution in [0, 0.1) is 5.95 Å². The first-order valence-corrected chi connectivity index (χ1v) is 6.66. The van der Waals surface area contributed by atoms with Gasteiger partial charge in [0.2, 0.25) is 5.95 Å². The number of rotatable bonds is 4. The Kier molecular flexibility index (Phi) is 4.69. The Hall–Kier alpha value is -1.94. The summed E-state index contributed by atoms with van der Waals surface area (Å²) in [5.41, 5.74) is 0.870. The van der Waals surface area contributed by atoms with Crippen molar-refractivity contribution in [2.45, 2.75) is 19.4 Å². The first-order chi connectivity index (χ1) is 9.61. The first kappa shape index (κ1) is 14.5. The Bertz CT molecular complexity index is 601. The van der Waals surface area contributed by atoms with Gasteiger partial charge in [-0.2, -0.15) is 4.39 Å². The lowest BCUT2D eigenvalue weighted by Crippen LogP contribution is -2.29. The van der Waals surface area contributed by atoms with Gasteiger partial charge >= 0.3 is 0 Å². The molecule has 0 saturated carbocycles. The summed E-state index contributed by atoms with van der Waals surface area (Å²) in [7, 11) is 0. The molecule has 2 aromatic rings. The van der Waals surface area contributed by atoms with Crippen LogP contribution in [0.5, 0.6) is 0 Å². The Labute approximate surface area is 121 Å². The molecule has 1 aromatic carbocycles. The third kappa shape index (κ3) is 3.33. The predicted octanol–water partition coefficient (Wildman–Crippen LogP) is 3.76. The third-order valence-electron chi connectivity index (χ3n) is 2.99. The van der Waals surface area contributed by atoms with Gasteiger partial charge in [0.25, 0.3) is 5.91 Å². The molecule has 0 saturated heterocycles. The standard InChI is InChI=1S/C15H14ClFN2O/c1-2-13(10-5-7-11(16)8-6-10)19-15(20)12-4-3-9-18-14(12)17/h3-9,13H,2H2,1H3,(H,19,20). The molecule has 20 heavy (non-hydrogen) atoms. The van der Waals surface area contributed by atoms with E-state index in [0.29, 0.717) is 11.4 Å². The molecule has 2 rings (SSSR count). The monoisotopic (exact) mass is 292 g/mol. The number of benzene rings is 1. The van der Waals surface area contributed by atoms with Gasteiger partial charge in [-0.1, -0.05) is 30.7 Å². The zero-order chi connectivity index (χ0) is 14.5. The molecule has 0 aliphatic heterocycles. The molecular formula is C15H14ClFN2O. The number of hydrogen-bond donors (Lipinski definition) is 1. The molecule has 1 N–H and O–H groups in total. The maximum Gasteiger partial charge on any atom is 0.256 e. The molecule has 0 fully saturated rings. The number of aromatic nitrogens is 1. The highest BCUT2D eigenvalue weighted by molar-refractivity contribution is 6.30. The quantitative estimate of drug-likeness (QED) is 0.872. The third-order valence-corrected chi connectivity index (χ3v) is 3.24. The number of nitrogens with zero attached hydrogens (tertiary/aromatic N) is 1. The van der Waals surface area contributed by atoms with Crippen LogP contribution in [0.1, 0.15) is 35.3 Å². The molecule has 0 bridgehead atoms. The highest BCUT2D eigenvalue weighted by Crippen LogP contribution is 2.19. The number of halogens is 2. The van der Waals surface area contributed by atoms with Crippen molar-refractivity contribution < 1.29 is 9.18 Å². The van der Waals surface area contributed by atoms with E-state index in [0.717, 1.165) is 5.56 Å². The van der Waals surface area contributed by atoms with E-state index in [1.807, 2.05) is 19.1 Å². The molecule has 0 spiro atoms. The van der Waals surface area contributed by atoms with Gasteiger partial charge in [0, 0.05) is 11.2 Å². The van der Waals surface area contributed by atoms with Gasteiger partial charge in [-0.25, -0.2) is 4.98 Å². The first-order valence-electron chi connectivity index (χ1n) is 6.28. The van der Waals surface area contributed by atoms with E-state index in [2.05, 4.69) is 10.3 Å². The topological polar surface area (TPSA) is 42.0 Å². The van der Waals surface area contributed by atoms with Crippen LogP contribution in [0.4, 0.5) is 4.39 Å². The van der Waals surface area contributed by atoms with Gasteiger partial charge in [0.1, 0.15) is 0 Å². The van der Waals surface area contributed by atoms with Crippen LogP contribution >= 0.6 is 11.6 Å². The molecule has 1 aromatic heterocycles. The Balaban J connectivity index is 2.16. The van der Waals surface area contributed by atoms with E-state index in [-0.39, 0.29) is 11.6 Å². The highest BCUT2D eigenvalue weighted by atomic mass is 35.5. The molecule has 104 valence electrons. The largest absolute Gasteiger partial charge is 0.345 e. The van der Waals surface area contributed by atoms with E-state index in [1.165, 1.54) is 18.3 Å². The van der Waals surface area contributed by atoms with E-state index < -0.39 is 11.9 Å². The minimum absolute atomic E-state index is 0.0556. The zero-order valence-corrected chi connectivity index (χ0v) is 11.7. The number of pyridine rings is 1. The zero-order valence-electron chi connectivity index (χ0n) is 10.9. The van der Waals surface area contributed by atoms with Gasteiger partial charge in [-0.15, -0.1) is 0 Å². The van der Waals surface area contributed by atoms with Crippen LogP contribution in [0.25, 0.3) is 0 Å². The van der Waals surface area contributed by atoms with E-state index in [9.17, 15) is 9.18 Å². The highest BCUT2D eigenvalue weighted by Gasteiger charge is 2.17. The van der Waals surface area contributed by atoms with Crippen LogP contribution in [0.3, 0.4) is 0 Å². The van der Waals surface area contributed by atoms with Gasteiger partial charge in [0.15, 0.2) is 0 Å². The molecule has 0 aliphatic rings. The minimum atomic E-state index is -0.768. The van der Waals surface area contributed by atoms with Gasteiger partial charge in [-0.05, 0) is 36.2 Å². The lowest BCUT2D eigenvalue weighted by atomic mass is 10.0. The molecular weight excluding hydrogens is 279 g/mol. The lowest BCUT2D eigenvalue weighted by molar-refractivity contribution is 0.0930. The molecule has 0 aliphatic carbocycles. The molecule has 1 unspecified atom stereocenters. The summed E-state index contributed by atoms with van der Waals surface area (Å²) >= 11 is 5.84. The normalized spacial score (nSPS) is 11.9. The van der Waals surface area contributed by atoms with Crippen molar-refractivity contribution >= 4 is 17.5 Å². The van der Waals surface area contributed by atoms with Gasteiger partial charge in [0.05, 0.1) is 11.6 Å². The van der Waals surface area contributed by atoms with Crippen LogP contribution in [-0.2, 0) is 0 Å². The van der Waals surface area contributed by atoms with Crippen molar-refractivity contribution in [3.05, 3.63) is 64.7 Å². The number of hydrogen-bond acceptors (Lipinski definition) is 2. The Morgan fingerprint density at radius 2 is 2.05 bits per heavy atom. The van der Waals surface area contributed by atoms with Crippen molar-refractivity contribution in [1.29, 1.82) is 0 Å². The van der Waals surface area contributed by atoms with Crippen molar-refractivity contribution in [2.75, 3.05) is 0 Å². The predicted molar refractivity (Wildman–Crippen MR) is 76.1 cm³/mol. The Morgan fingerprint density at radius 3 is 2.65 bits per heavy atom. The van der Waals surface area contributed by atoms with Gasteiger partial charge in [-0.3, -0.25) is 4.79 Å². The summed E-state index contributed by atoms with van der Waals surface area (Å²) in [4.78, 5) is 15.5. The van der Waals surface area contributed by atoms with Crippen LogP contribution < -0.4 is 5.32 Å². The summed E-state index contributed by atoms with van der Waals surface area (Å²) < 4.78 is 13.5. The second kappa shape index (κ2) is 6.48. The molecule has 5 heteroatoms. The molecule has 1 atom stereocenters. The smallest absolute Gasteiger partial charge is 0.256 e. The van der Waals surface area contributed by atoms with Crippen molar-refractivity contribution in [1.82, 2.24) is 10.3 Å². The maximum atomic E-state index is 13.5. The SMILES string of the molecule is CCC(NC(=O)c1cccnc1F)c1ccc(Cl)cc1. The second-order valence-corrected chi connectivity index (χ2v) is 4.76. The van der Waals surface area contributed by atoms with E-state index in [4.69, 9.17) is 11.6 Å². The summed E-state index contributed by atoms with van der Waals surface area (Å²) in [5, 5.41) is 3.43. The fourth-order valence-corrected chi connectivity index (χ4v) is 2.03. The molecule has 1 heterocycles.